The molecule has 0 fully saturated rings. The van der Waals surface area contributed by atoms with E-state index >= 15 is 0 Å². The van der Waals surface area contributed by atoms with E-state index in [0.29, 0.717) is 6.42 Å². The van der Waals surface area contributed by atoms with E-state index in [2.05, 4.69) is 5.32 Å². The average molecular weight is 343 g/mol. The van der Waals surface area contributed by atoms with Crippen LogP contribution in [0.15, 0.2) is 12.2 Å². The van der Waals surface area contributed by atoms with Crippen LogP contribution in [0.1, 0.15) is 26.7 Å². The summed E-state index contributed by atoms with van der Waals surface area (Å²) in [6, 6.07) is -0.688. The minimum absolute atomic E-state index is 0.0247. The highest BCUT2D eigenvalue weighted by Gasteiger charge is 2.24. The molecule has 1 aliphatic heterocycles. The van der Waals surface area contributed by atoms with Crippen molar-refractivity contribution < 1.29 is 23.9 Å². The zero-order valence-corrected chi connectivity index (χ0v) is 14.7. The van der Waals surface area contributed by atoms with Gasteiger partial charge < -0.3 is 14.8 Å². The van der Waals surface area contributed by atoms with Crippen LogP contribution in [0.4, 0.5) is 0 Å². The zero-order valence-electron chi connectivity index (χ0n) is 13.9. The third-order valence-corrected chi connectivity index (χ3v) is 4.01. The van der Waals surface area contributed by atoms with Gasteiger partial charge in [-0.25, -0.2) is 4.79 Å². The van der Waals surface area contributed by atoms with E-state index in [1.807, 2.05) is 19.3 Å². The second-order valence-corrected chi connectivity index (χ2v) is 6.66. The highest BCUT2D eigenvalue weighted by Crippen LogP contribution is 2.08. The van der Waals surface area contributed by atoms with E-state index in [1.54, 1.807) is 24.8 Å². The Morgan fingerprint density at radius 2 is 1.87 bits per heavy atom. The van der Waals surface area contributed by atoms with E-state index in [9.17, 15) is 14.4 Å². The molecular formula is C16H25NO5S. The lowest BCUT2D eigenvalue weighted by molar-refractivity contribution is -0.156. The molecule has 0 radical (unpaired) electrons. The molecule has 1 aliphatic rings. The van der Waals surface area contributed by atoms with Gasteiger partial charge in [0.2, 0.25) is 5.91 Å². The molecule has 1 heterocycles. The number of thioether (sulfide) groups is 1. The molecule has 130 valence electrons. The molecule has 1 amide bonds. The minimum Gasteiger partial charge on any atom is -0.465 e. The maximum atomic E-state index is 12.1. The van der Waals surface area contributed by atoms with Crippen molar-refractivity contribution >= 4 is 29.6 Å². The van der Waals surface area contributed by atoms with Crippen LogP contribution in [0, 0.1) is 11.8 Å². The quantitative estimate of drug-likeness (QED) is 0.618. The number of amides is 1. The first-order valence-corrected chi connectivity index (χ1v) is 9.11. The number of hydrogen-bond acceptors (Lipinski definition) is 6. The Hall–Kier alpha value is -1.50. The molecule has 0 bridgehead atoms. The second kappa shape index (κ2) is 10.3. The Balaban J connectivity index is 2.80. The van der Waals surface area contributed by atoms with Gasteiger partial charge in [-0.05, 0) is 25.4 Å². The molecule has 23 heavy (non-hydrogen) atoms. The van der Waals surface area contributed by atoms with Crippen molar-refractivity contribution in [1.29, 1.82) is 0 Å². The van der Waals surface area contributed by atoms with Gasteiger partial charge in [-0.15, -0.1) is 0 Å². The summed E-state index contributed by atoms with van der Waals surface area (Å²) in [6.45, 7) is 3.75. The maximum absolute atomic E-state index is 12.1. The topological polar surface area (TPSA) is 81.7 Å². The van der Waals surface area contributed by atoms with Crippen molar-refractivity contribution in [3.8, 4) is 0 Å². The summed E-state index contributed by atoms with van der Waals surface area (Å²) in [5.74, 6) is -0.906. The van der Waals surface area contributed by atoms with Crippen LogP contribution in [0.5, 0.6) is 0 Å². The molecular weight excluding hydrogens is 318 g/mol. The largest absolute Gasteiger partial charge is 0.465 e. The van der Waals surface area contributed by atoms with Gasteiger partial charge >= 0.3 is 11.9 Å². The van der Waals surface area contributed by atoms with Crippen LogP contribution < -0.4 is 5.32 Å². The monoisotopic (exact) mass is 343 g/mol. The van der Waals surface area contributed by atoms with Crippen LogP contribution >= 0.6 is 11.8 Å². The highest BCUT2D eigenvalue weighted by atomic mass is 32.2. The number of hydrogen-bond donors (Lipinski definition) is 1. The molecule has 1 N–H and O–H groups in total. The number of carbonyl (C=O) groups is 3. The smallest absolute Gasteiger partial charge is 0.328 e. The van der Waals surface area contributed by atoms with E-state index in [-0.39, 0.29) is 37.4 Å². The molecule has 0 unspecified atom stereocenters. The van der Waals surface area contributed by atoms with Crippen molar-refractivity contribution in [3.63, 3.8) is 0 Å². The maximum Gasteiger partial charge on any atom is 0.328 e. The molecule has 3 atom stereocenters. The molecule has 0 aromatic rings. The lowest BCUT2D eigenvalue weighted by atomic mass is 10.1. The summed E-state index contributed by atoms with van der Waals surface area (Å²) < 4.78 is 10.4. The summed E-state index contributed by atoms with van der Waals surface area (Å²) in [6.07, 6.45) is 6.15. The predicted molar refractivity (Wildman–Crippen MR) is 88.9 cm³/mol. The van der Waals surface area contributed by atoms with Gasteiger partial charge in [-0.3, -0.25) is 9.59 Å². The van der Waals surface area contributed by atoms with Crippen molar-refractivity contribution in [2.45, 2.75) is 32.7 Å². The van der Waals surface area contributed by atoms with E-state index in [0.717, 1.165) is 5.75 Å². The Morgan fingerprint density at radius 1 is 1.17 bits per heavy atom. The standard InChI is InChI=1S/C16H25NO5S/c1-11-5-4-6-14(18)17-13(7-8-23-3)16(20)22-10-12(2)15(19)21-9-11/h4-5,11-13H,6-10H2,1-3H3,(H,17,18)/t11-,12-,13+/m1/s1. The van der Waals surface area contributed by atoms with Crippen LogP contribution in [-0.4, -0.2) is 49.1 Å². The van der Waals surface area contributed by atoms with Crippen molar-refractivity contribution in [2.24, 2.45) is 11.8 Å². The van der Waals surface area contributed by atoms with Gasteiger partial charge in [-0.2, -0.15) is 11.8 Å². The summed E-state index contributed by atoms with van der Waals surface area (Å²) >= 11 is 1.59. The highest BCUT2D eigenvalue weighted by molar-refractivity contribution is 7.98. The molecule has 0 spiro atoms. The Bertz CT molecular complexity index is 452. The SMILES string of the molecule is CSCC[C@@H]1NC(=O)CC=C[C@@H](C)COC(=O)[C@H](C)COC1=O. The summed E-state index contributed by atoms with van der Waals surface area (Å²) in [7, 11) is 0. The fourth-order valence-corrected chi connectivity index (χ4v) is 2.40. The minimum atomic E-state index is -0.688. The molecule has 0 aromatic heterocycles. The number of ether oxygens (including phenoxy) is 2. The molecule has 0 aliphatic carbocycles. The number of cyclic esters (lactones) is 2. The lowest BCUT2D eigenvalue weighted by Crippen LogP contribution is -2.42. The third-order valence-electron chi connectivity index (χ3n) is 3.36. The predicted octanol–water partition coefficient (Wildman–Crippen LogP) is 1.54. The Labute approximate surface area is 141 Å². The number of rotatable bonds is 3. The zero-order chi connectivity index (χ0) is 17.2. The van der Waals surface area contributed by atoms with Crippen molar-refractivity contribution in [3.05, 3.63) is 12.2 Å². The molecule has 7 heteroatoms. The van der Waals surface area contributed by atoms with Gasteiger partial charge in [0.15, 0.2) is 0 Å². The van der Waals surface area contributed by atoms with E-state index in [4.69, 9.17) is 9.47 Å². The molecule has 1 rings (SSSR count). The average Bonchev–Trinajstić information content (AvgIpc) is 2.52. The second-order valence-electron chi connectivity index (χ2n) is 5.67. The summed E-state index contributed by atoms with van der Waals surface area (Å²) in [4.78, 5) is 35.9. The summed E-state index contributed by atoms with van der Waals surface area (Å²) in [5, 5.41) is 2.70. The first kappa shape index (κ1) is 19.5. The number of carbonyl (C=O) groups excluding carboxylic acids is 3. The summed E-state index contributed by atoms with van der Waals surface area (Å²) in [5.41, 5.74) is 0. The Morgan fingerprint density at radius 3 is 2.57 bits per heavy atom. The molecule has 6 nitrogen and oxygen atoms in total. The van der Waals surface area contributed by atoms with Crippen LogP contribution in [-0.2, 0) is 23.9 Å². The van der Waals surface area contributed by atoms with Gasteiger partial charge in [0.25, 0.3) is 0 Å². The molecule has 0 saturated heterocycles. The van der Waals surface area contributed by atoms with E-state index < -0.39 is 17.9 Å². The van der Waals surface area contributed by atoms with Crippen molar-refractivity contribution in [1.82, 2.24) is 5.32 Å². The van der Waals surface area contributed by atoms with Crippen LogP contribution in [0.2, 0.25) is 0 Å². The fraction of sp³-hybridized carbons (Fsp3) is 0.688. The normalized spacial score (nSPS) is 27.6. The van der Waals surface area contributed by atoms with Gasteiger partial charge in [-0.1, -0.05) is 19.1 Å². The van der Waals surface area contributed by atoms with E-state index in [1.165, 1.54) is 0 Å². The molecule has 0 aromatic carbocycles. The number of esters is 2. The first-order chi connectivity index (χ1) is 10.9. The van der Waals surface area contributed by atoms with Crippen LogP contribution in [0.25, 0.3) is 0 Å². The van der Waals surface area contributed by atoms with Gasteiger partial charge in [0.1, 0.15) is 12.6 Å². The van der Waals surface area contributed by atoms with Gasteiger partial charge in [0, 0.05) is 12.3 Å². The number of nitrogens with one attached hydrogen (secondary N) is 1. The van der Waals surface area contributed by atoms with Crippen molar-refractivity contribution in [2.75, 3.05) is 25.2 Å². The Kier molecular flexibility index (Phi) is 8.76. The van der Waals surface area contributed by atoms with Crippen LogP contribution in [0.3, 0.4) is 0 Å². The lowest BCUT2D eigenvalue weighted by Gasteiger charge is -2.19. The van der Waals surface area contributed by atoms with Gasteiger partial charge in [0.05, 0.1) is 12.5 Å². The first-order valence-electron chi connectivity index (χ1n) is 7.72. The third kappa shape index (κ3) is 7.54. The fourth-order valence-electron chi connectivity index (χ4n) is 1.93. The molecule has 0 saturated carbocycles.